The number of aryl methyl sites for hydroxylation is 3. The number of carboxylic acids is 1. The van der Waals surface area contributed by atoms with Gasteiger partial charge in [-0.2, -0.15) is 13.2 Å². The molecule has 4 unspecified atom stereocenters. The standard InChI is InChI=1S/C19H24N2O4.C19H27NO4.C11H11N.C5H10O3.C4H8O4.C2H3F3O.H3N/c1-12-9-10-24-19-21(18(12)23)16(11-25-19)17(22)20-15-8-4-6-13-5-2-3-7-14(13)15;1-13(9-10-21)18(23)11-15(12-22)19(24)20-17-8-4-6-14-5-2-3-7-16(14)17;1-12-11-8-4-6-9-5-2-3-7-10(9)11;1-4(2-3-6)5(7)8;5-3-1-7-4(6)2-8-3;3-2(4,5)1-6;/h2-3,5,7,12,15-16,19H,4,6,8-11H2,1H3,(H,20,22);2-3,5,7,13,15,17,21-22H,4,6,8-12H2,1H3,(H,20,24);2-3,5,7,11H,4,6,8H2;4,6H,2-3H2,1H3,(H,7,8);3-6H,1-2H2;6H,1H2;1H3/t12-,15+,16?,19-;13-,15?,17+;11-;4-;;;/m0010.../s1. The van der Waals surface area contributed by atoms with Crippen LogP contribution in [0, 0.1) is 30.2 Å². The molecule has 0 radical (unpaired) electrons. The first kappa shape index (κ1) is 72.3. The molecular weight excluding hydrogens is 1100 g/mol. The Hall–Kier alpha value is -5.95. The van der Waals surface area contributed by atoms with Gasteiger partial charge in [0.2, 0.25) is 30.2 Å². The van der Waals surface area contributed by atoms with Crippen LogP contribution in [-0.2, 0) is 62.2 Å². The zero-order valence-electron chi connectivity index (χ0n) is 48.2. The summed E-state index contributed by atoms with van der Waals surface area (Å²) in [7, 11) is 0. The lowest BCUT2D eigenvalue weighted by Crippen LogP contribution is -2.51. The van der Waals surface area contributed by atoms with Crippen LogP contribution in [0.2, 0.25) is 0 Å². The van der Waals surface area contributed by atoms with Crippen LogP contribution in [0.15, 0.2) is 72.8 Å². The van der Waals surface area contributed by atoms with Crippen molar-refractivity contribution in [3.8, 4) is 0 Å². The van der Waals surface area contributed by atoms with E-state index in [2.05, 4.69) is 61.4 Å². The van der Waals surface area contributed by atoms with E-state index in [1.54, 1.807) is 13.8 Å². The summed E-state index contributed by atoms with van der Waals surface area (Å²) in [5.41, 5.74) is 7.51. The molecule has 21 nitrogen and oxygen atoms in total. The molecule has 3 fully saturated rings. The number of benzene rings is 3. The summed E-state index contributed by atoms with van der Waals surface area (Å²) in [6.07, 6.45) is 3.82. The van der Waals surface area contributed by atoms with E-state index in [9.17, 15) is 42.3 Å². The SMILES string of the molecule is C[C@@H](CCO)C(=O)CC(CO)C(=O)N[C@@H]1CCCc2ccccc21.C[C@@H](CCO)C(=O)O.C[C@H]1CCO[C@H]2OCC(C(=O)N[C@@H]3CCCc4ccccc43)N2C1=O.N.OC1COC(O)CO1.OCC(F)(F)F.[C-]#[N+][C@@H]1CCCc2ccccc21. The number of aliphatic hydroxyl groups excluding tert-OH is 6. The molecule has 0 bridgehead atoms. The Bertz CT molecular complexity index is 2520. The number of amides is 3. The molecular formula is C60H86F3N5O16. The van der Waals surface area contributed by atoms with Gasteiger partial charge >= 0.3 is 12.1 Å². The summed E-state index contributed by atoms with van der Waals surface area (Å²) in [5, 5.41) is 65.4. The van der Waals surface area contributed by atoms with Crippen LogP contribution in [0.5, 0.6) is 0 Å². The lowest BCUT2D eigenvalue weighted by Gasteiger charge is -2.30. The zero-order chi connectivity index (χ0) is 61.1. The molecule has 6 aliphatic rings. The minimum atomic E-state index is -4.40. The quantitative estimate of drug-likeness (QED) is 0.0883. The summed E-state index contributed by atoms with van der Waals surface area (Å²) in [5.74, 6) is -3.04. The van der Waals surface area contributed by atoms with E-state index >= 15 is 0 Å². The second-order valence-corrected chi connectivity index (χ2v) is 21.1. The molecule has 0 aromatic heterocycles. The predicted molar refractivity (Wildman–Crippen MR) is 301 cm³/mol. The van der Waals surface area contributed by atoms with E-state index in [1.807, 2.05) is 43.3 Å². The number of alkyl halides is 3. The molecule has 3 amide bonds. The molecule has 3 saturated heterocycles. The van der Waals surface area contributed by atoms with Crippen molar-refractivity contribution in [2.45, 2.75) is 154 Å². The van der Waals surface area contributed by atoms with Gasteiger partial charge in [-0.3, -0.25) is 28.9 Å². The van der Waals surface area contributed by atoms with Gasteiger partial charge < -0.3 is 76.3 Å². The fourth-order valence-electron chi connectivity index (χ4n) is 9.86. The molecule has 3 heterocycles. The maximum Gasteiger partial charge on any atom is 0.411 e. The minimum absolute atomic E-state index is 0. The van der Waals surface area contributed by atoms with Crippen LogP contribution >= 0.6 is 0 Å². The summed E-state index contributed by atoms with van der Waals surface area (Å²) in [6, 6.07) is 24.1. The van der Waals surface area contributed by atoms with Crippen LogP contribution < -0.4 is 16.8 Å². The largest absolute Gasteiger partial charge is 0.481 e. The smallest absolute Gasteiger partial charge is 0.411 e. The van der Waals surface area contributed by atoms with Crippen molar-refractivity contribution in [2.75, 3.05) is 52.9 Å². The monoisotopic (exact) mass is 1190 g/mol. The predicted octanol–water partition coefficient (Wildman–Crippen LogP) is 5.96. The fraction of sp³-hybridized carbons (Fsp3) is 0.600. The second kappa shape index (κ2) is 37.5. The fourth-order valence-corrected chi connectivity index (χ4v) is 9.86. The second-order valence-electron chi connectivity index (χ2n) is 21.1. The van der Waals surface area contributed by atoms with Crippen molar-refractivity contribution < 1.29 is 91.8 Å². The number of hydrogen-bond donors (Lipinski definition) is 10. The van der Waals surface area contributed by atoms with Crippen LogP contribution in [-0.4, -0.2) is 154 Å². The Morgan fingerprint density at radius 2 is 1.18 bits per heavy atom. The van der Waals surface area contributed by atoms with Crippen LogP contribution in [0.3, 0.4) is 0 Å². The number of aliphatic hydroxyl groups is 6. The van der Waals surface area contributed by atoms with Gasteiger partial charge in [0.15, 0.2) is 12.6 Å². The number of ketones is 1. The molecule has 12 N–H and O–H groups in total. The highest BCUT2D eigenvalue weighted by Crippen LogP contribution is 2.34. The number of carboxylic acid groups (broad SMARTS) is 1. The average molecular weight is 1190 g/mol. The summed E-state index contributed by atoms with van der Waals surface area (Å²) in [4.78, 5) is 65.2. The van der Waals surface area contributed by atoms with Crippen molar-refractivity contribution in [2.24, 2.45) is 23.7 Å². The van der Waals surface area contributed by atoms with Gasteiger partial charge in [-0.1, -0.05) is 93.6 Å². The van der Waals surface area contributed by atoms with Gasteiger partial charge in [-0.05, 0) is 98.4 Å². The Morgan fingerprint density at radius 1 is 0.702 bits per heavy atom. The normalized spacial score (nSPS) is 23.9. The highest BCUT2D eigenvalue weighted by atomic mass is 19.4. The van der Waals surface area contributed by atoms with Crippen molar-refractivity contribution in [1.82, 2.24) is 21.7 Å². The number of nitrogens with one attached hydrogen (secondary N) is 2. The number of rotatable bonds is 13. The van der Waals surface area contributed by atoms with Gasteiger partial charge in [0, 0.05) is 43.5 Å². The number of halogens is 3. The van der Waals surface area contributed by atoms with E-state index in [4.69, 9.17) is 46.7 Å². The van der Waals surface area contributed by atoms with Crippen LogP contribution in [0.4, 0.5) is 13.2 Å². The van der Waals surface area contributed by atoms with E-state index in [1.165, 1.54) is 39.1 Å². The molecule has 0 saturated carbocycles. The van der Waals surface area contributed by atoms with Crippen LogP contribution in [0.25, 0.3) is 4.85 Å². The Balaban J connectivity index is 0.000000287. The summed E-state index contributed by atoms with van der Waals surface area (Å²) in [6.45, 7) is 10.8. The number of aliphatic carboxylic acids is 1. The van der Waals surface area contributed by atoms with Crippen LogP contribution in [0.1, 0.15) is 136 Å². The first-order chi connectivity index (χ1) is 39.7. The molecule has 468 valence electrons. The van der Waals surface area contributed by atoms with Crippen molar-refractivity contribution in [3.63, 3.8) is 0 Å². The van der Waals surface area contributed by atoms with Gasteiger partial charge in [0.25, 0.3) is 0 Å². The van der Waals surface area contributed by atoms with Crippen molar-refractivity contribution in [3.05, 3.63) is 118 Å². The number of hydrogen-bond acceptors (Lipinski definition) is 16. The Labute approximate surface area is 489 Å². The number of fused-ring (bicyclic) bond motifs is 4. The molecule has 9 rings (SSSR count). The molecule has 3 aliphatic carbocycles. The number of ether oxygens (including phenoxy) is 4. The minimum Gasteiger partial charge on any atom is -0.481 e. The van der Waals surface area contributed by atoms with Crippen molar-refractivity contribution in [1.29, 1.82) is 0 Å². The number of carbonyl (C=O) groups excluding carboxylic acids is 4. The molecule has 3 aliphatic heterocycles. The third-order valence-corrected chi connectivity index (χ3v) is 14.8. The maximum absolute atomic E-state index is 12.9. The molecule has 84 heavy (non-hydrogen) atoms. The van der Waals surface area contributed by atoms with E-state index in [0.717, 1.165) is 56.9 Å². The first-order valence-corrected chi connectivity index (χ1v) is 28.3. The lowest BCUT2D eigenvalue weighted by molar-refractivity contribution is -0.263. The lowest BCUT2D eigenvalue weighted by atomic mass is 9.87. The maximum atomic E-state index is 12.9. The van der Waals surface area contributed by atoms with E-state index in [-0.39, 0.29) is 106 Å². The molecule has 3 aromatic rings. The number of carbonyl (C=O) groups is 5. The van der Waals surface area contributed by atoms with E-state index in [0.29, 0.717) is 25.9 Å². The van der Waals surface area contributed by atoms with Gasteiger partial charge in [-0.15, -0.1) is 0 Å². The third kappa shape index (κ3) is 23.5. The first-order valence-electron chi connectivity index (χ1n) is 28.3. The Kier molecular flexibility index (Phi) is 32.3. The molecule has 11 atom stereocenters. The number of Topliss-reactive ketones (excluding diaryl/α,β-unsaturated/α-hetero) is 1. The summed E-state index contributed by atoms with van der Waals surface area (Å²) < 4.78 is 51.9. The number of nitrogens with zero attached hydrogens (tertiary/aromatic N) is 2. The average Bonchev–Trinajstić information content (AvgIpc) is 3.82. The zero-order valence-corrected chi connectivity index (χ0v) is 48.2. The third-order valence-electron chi connectivity index (χ3n) is 14.8. The molecule has 3 aromatic carbocycles. The van der Waals surface area contributed by atoms with Gasteiger partial charge in [-0.25, -0.2) is 6.57 Å². The van der Waals surface area contributed by atoms with Gasteiger partial charge in [0.05, 0.1) is 43.7 Å². The van der Waals surface area contributed by atoms with E-state index < -0.39 is 55.6 Å². The summed E-state index contributed by atoms with van der Waals surface area (Å²) >= 11 is 0. The molecule has 0 spiro atoms. The molecule has 24 heteroatoms. The topological polar surface area (TPSA) is 331 Å². The highest BCUT2D eigenvalue weighted by molar-refractivity contribution is 5.90. The van der Waals surface area contributed by atoms with Gasteiger partial charge in [0.1, 0.15) is 31.6 Å². The van der Waals surface area contributed by atoms with Crippen molar-refractivity contribution >= 4 is 29.5 Å². The Morgan fingerprint density at radius 3 is 1.64 bits per heavy atom. The highest BCUT2D eigenvalue weighted by Gasteiger charge is 2.46.